The summed E-state index contributed by atoms with van der Waals surface area (Å²) in [4.78, 5) is 32.2. The Morgan fingerprint density at radius 3 is 2.46 bits per heavy atom. The van der Waals surface area contributed by atoms with Crippen LogP contribution in [0.1, 0.15) is 42.9 Å². The second-order valence-corrected chi connectivity index (χ2v) is 9.17. The molecular weight excluding hydrogens is 472 g/mol. The van der Waals surface area contributed by atoms with Gasteiger partial charge in [0.15, 0.2) is 5.82 Å². The van der Waals surface area contributed by atoms with Crippen LogP contribution >= 0.6 is 0 Å². The van der Waals surface area contributed by atoms with Gasteiger partial charge in [-0.1, -0.05) is 67.0 Å². The molecule has 0 radical (unpaired) electrons. The molecule has 3 heterocycles. The number of hydrogen-bond donors (Lipinski definition) is 2. The van der Waals surface area contributed by atoms with Crippen molar-refractivity contribution in [3.8, 4) is 22.5 Å². The normalized spacial score (nSPS) is 12.3. The molecule has 0 amide bonds. The van der Waals surface area contributed by atoms with E-state index in [1.807, 2.05) is 48.5 Å². The molecular formula is C27H28N6O4. The number of fused-ring (bicyclic) bond motifs is 1. The van der Waals surface area contributed by atoms with Crippen molar-refractivity contribution in [2.75, 3.05) is 0 Å². The van der Waals surface area contributed by atoms with Gasteiger partial charge in [-0.2, -0.15) is 10.1 Å². The number of rotatable bonds is 8. The van der Waals surface area contributed by atoms with Gasteiger partial charge in [0.2, 0.25) is 5.78 Å². The second kappa shape index (κ2) is 9.98. The first-order valence-corrected chi connectivity index (χ1v) is 12.3. The molecule has 0 aliphatic heterocycles. The summed E-state index contributed by atoms with van der Waals surface area (Å²) in [6.45, 7) is 5.65. The highest BCUT2D eigenvalue weighted by atomic mass is 16.5. The number of hydrogen-bond acceptors (Lipinski definition) is 7. The molecule has 0 bridgehead atoms. The number of nitrogens with one attached hydrogen (secondary N) is 1. The maximum Gasteiger partial charge on any atom is 0.439 e. The lowest BCUT2D eigenvalue weighted by molar-refractivity contribution is 0.173. The first-order chi connectivity index (χ1) is 17.9. The van der Waals surface area contributed by atoms with Crippen molar-refractivity contribution in [1.82, 2.24) is 29.3 Å². The fraction of sp³-hybridized carbons (Fsp3) is 0.296. The number of H-pyrrole nitrogens is 1. The summed E-state index contributed by atoms with van der Waals surface area (Å²) >= 11 is 0. The molecule has 190 valence electrons. The van der Waals surface area contributed by atoms with Gasteiger partial charge in [-0.3, -0.25) is 18.9 Å². The van der Waals surface area contributed by atoms with Gasteiger partial charge in [0.1, 0.15) is 5.82 Å². The lowest BCUT2D eigenvalue weighted by Crippen LogP contribution is -2.32. The summed E-state index contributed by atoms with van der Waals surface area (Å²) < 4.78 is 7.95. The van der Waals surface area contributed by atoms with Crippen LogP contribution in [0.3, 0.4) is 0 Å². The van der Waals surface area contributed by atoms with Crippen LogP contribution < -0.4 is 11.3 Å². The summed E-state index contributed by atoms with van der Waals surface area (Å²) in [5.74, 6) is 0.783. The first-order valence-electron chi connectivity index (χ1n) is 12.3. The minimum atomic E-state index is -0.706. The van der Waals surface area contributed by atoms with E-state index in [9.17, 15) is 14.7 Å². The molecule has 10 heteroatoms. The first kappa shape index (κ1) is 24.4. The molecule has 1 unspecified atom stereocenters. The Kier molecular flexibility index (Phi) is 6.58. The van der Waals surface area contributed by atoms with Crippen LogP contribution in [0.15, 0.2) is 62.6 Å². The summed E-state index contributed by atoms with van der Waals surface area (Å²) in [6, 6.07) is 15.6. The summed E-state index contributed by atoms with van der Waals surface area (Å²) in [5, 5.41) is 18.4. The van der Waals surface area contributed by atoms with Gasteiger partial charge in [-0.25, -0.2) is 9.31 Å². The summed E-state index contributed by atoms with van der Waals surface area (Å²) in [5.41, 5.74) is 4.87. The largest absolute Gasteiger partial charge is 0.439 e. The maximum atomic E-state index is 13.6. The molecule has 0 fully saturated rings. The van der Waals surface area contributed by atoms with Crippen molar-refractivity contribution in [2.24, 2.45) is 0 Å². The lowest BCUT2D eigenvalue weighted by atomic mass is 9.96. The number of aryl methyl sites for hydroxylation is 2. The minimum Gasteiger partial charge on any atom is -0.392 e. The SMILES string of the molecule is CCCc1c(Cc2ccc(-c3ccccc3-c3noc(=O)[nH]3)cc2)c(=O)n(CC(C)O)c2nc(C)nn12. The lowest BCUT2D eigenvalue weighted by Gasteiger charge is -2.16. The molecule has 3 aromatic heterocycles. The van der Waals surface area contributed by atoms with Gasteiger partial charge in [0.05, 0.1) is 18.3 Å². The molecule has 2 aromatic carbocycles. The Bertz CT molecular complexity index is 1670. The molecule has 10 nitrogen and oxygen atoms in total. The third-order valence-electron chi connectivity index (χ3n) is 6.25. The van der Waals surface area contributed by atoms with E-state index in [1.165, 1.54) is 4.57 Å². The van der Waals surface area contributed by atoms with Gasteiger partial charge >= 0.3 is 5.76 Å². The maximum absolute atomic E-state index is 13.6. The van der Waals surface area contributed by atoms with E-state index in [-0.39, 0.29) is 12.1 Å². The van der Waals surface area contributed by atoms with Crippen LogP contribution in [0.5, 0.6) is 0 Å². The number of benzene rings is 2. The predicted molar refractivity (Wildman–Crippen MR) is 138 cm³/mol. The molecule has 1 atom stereocenters. The van der Waals surface area contributed by atoms with E-state index < -0.39 is 11.9 Å². The molecule has 0 aliphatic rings. The summed E-state index contributed by atoms with van der Waals surface area (Å²) in [6.07, 6.45) is 1.24. The fourth-order valence-electron chi connectivity index (χ4n) is 4.66. The van der Waals surface area contributed by atoms with E-state index in [2.05, 4.69) is 31.7 Å². The zero-order valence-corrected chi connectivity index (χ0v) is 20.9. The third kappa shape index (κ3) is 4.75. The minimum absolute atomic E-state index is 0.139. The van der Waals surface area contributed by atoms with E-state index >= 15 is 0 Å². The number of aliphatic hydroxyl groups excluding tert-OH is 1. The quantitative estimate of drug-likeness (QED) is 0.335. The zero-order valence-electron chi connectivity index (χ0n) is 20.9. The molecule has 5 rings (SSSR count). The topological polar surface area (TPSA) is 131 Å². The number of aromatic nitrogens is 6. The van der Waals surface area contributed by atoms with Gasteiger partial charge < -0.3 is 5.11 Å². The van der Waals surface area contributed by atoms with Crippen LogP contribution in [0.25, 0.3) is 28.3 Å². The Hall–Kier alpha value is -4.31. The van der Waals surface area contributed by atoms with Gasteiger partial charge in [0.25, 0.3) is 5.56 Å². The van der Waals surface area contributed by atoms with Crippen molar-refractivity contribution in [2.45, 2.75) is 52.7 Å². The molecule has 2 N–H and O–H groups in total. The Balaban J connectivity index is 1.55. The number of aliphatic hydroxyl groups is 1. The Morgan fingerprint density at radius 1 is 1.08 bits per heavy atom. The zero-order chi connectivity index (χ0) is 26.1. The highest BCUT2D eigenvalue weighted by molar-refractivity contribution is 5.80. The van der Waals surface area contributed by atoms with Crippen LogP contribution in [0, 0.1) is 6.92 Å². The highest BCUT2D eigenvalue weighted by Gasteiger charge is 2.20. The van der Waals surface area contributed by atoms with E-state index in [1.54, 1.807) is 18.4 Å². The highest BCUT2D eigenvalue weighted by Crippen LogP contribution is 2.30. The van der Waals surface area contributed by atoms with E-state index in [0.717, 1.165) is 34.4 Å². The average molecular weight is 501 g/mol. The van der Waals surface area contributed by atoms with E-state index in [0.29, 0.717) is 35.8 Å². The van der Waals surface area contributed by atoms with Crippen molar-refractivity contribution in [3.05, 3.63) is 92.1 Å². The monoisotopic (exact) mass is 500 g/mol. The van der Waals surface area contributed by atoms with Crippen molar-refractivity contribution >= 4 is 5.78 Å². The number of nitrogens with zero attached hydrogens (tertiary/aromatic N) is 5. The second-order valence-electron chi connectivity index (χ2n) is 9.17. The standard InChI is InChI=1S/C27H28N6O4/c1-4-7-23-22(25(35)32(15-16(2)34)26-28-17(3)30-33(23)26)14-18-10-12-19(13-11-18)20-8-5-6-9-21(20)24-29-27(36)37-31-24/h5-6,8-13,16,34H,4,7,14-15H2,1-3H3,(H,29,31,36). The van der Waals surface area contributed by atoms with Crippen LogP contribution in [-0.2, 0) is 19.4 Å². The molecule has 0 saturated heterocycles. The van der Waals surface area contributed by atoms with E-state index in [4.69, 9.17) is 0 Å². The fourth-order valence-corrected chi connectivity index (χ4v) is 4.66. The number of aromatic amines is 1. The molecule has 0 spiro atoms. The van der Waals surface area contributed by atoms with Gasteiger partial charge in [-0.15, -0.1) is 0 Å². The van der Waals surface area contributed by atoms with Crippen molar-refractivity contribution < 1.29 is 9.63 Å². The molecule has 5 aromatic rings. The smallest absolute Gasteiger partial charge is 0.392 e. The van der Waals surface area contributed by atoms with Crippen molar-refractivity contribution in [1.29, 1.82) is 0 Å². The van der Waals surface area contributed by atoms with Gasteiger partial charge in [-0.05, 0) is 37.0 Å². The molecule has 0 aliphatic carbocycles. The molecule has 0 saturated carbocycles. The van der Waals surface area contributed by atoms with Gasteiger partial charge in [0, 0.05) is 17.5 Å². The van der Waals surface area contributed by atoms with Crippen LogP contribution in [-0.4, -0.2) is 40.5 Å². The van der Waals surface area contributed by atoms with Crippen LogP contribution in [0.4, 0.5) is 0 Å². The summed E-state index contributed by atoms with van der Waals surface area (Å²) in [7, 11) is 0. The van der Waals surface area contributed by atoms with Crippen molar-refractivity contribution in [3.63, 3.8) is 0 Å². The Morgan fingerprint density at radius 2 is 1.81 bits per heavy atom. The predicted octanol–water partition coefficient (Wildman–Crippen LogP) is 3.13. The Labute approximate surface area is 212 Å². The third-order valence-corrected chi connectivity index (χ3v) is 6.25. The molecule has 37 heavy (non-hydrogen) atoms. The van der Waals surface area contributed by atoms with Crippen LogP contribution in [0.2, 0.25) is 0 Å². The average Bonchev–Trinajstić information content (AvgIpc) is 3.49.